The molecule has 0 unspecified atom stereocenters. The molecule has 1 saturated carbocycles. The van der Waals surface area contributed by atoms with Gasteiger partial charge in [-0.25, -0.2) is 0 Å². The first-order chi connectivity index (χ1) is 10.2. The predicted octanol–water partition coefficient (Wildman–Crippen LogP) is 5.49. The van der Waals surface area contributed by atoms with Crippen LogP contribution in [-0.2, 0) is 6.54 Å². The maximum atomic E-state index is 12.2. The molecule has 1 nitrogen and oxygen atoms in total. The van der Waals surface area contributed by atoms with E-state index < -0.39 is 5.76 Å². The van der Waals surface area contributed by atoms with Gasteiger partial charge in [-0.3, -0.25) is 0 Å². The maximum Gasteiger partial charge on any atom is 0.288 e. The summed E-state index contributed by atoms with van der Waals surface area (Å²) in [5.41, 5.74) is 3.61. The quantitative estimate of drug-likeness (QED) is 0.708. The van der Waals surface area contributed by atoms with Crippen LogP contribution in [0.15, 0.2) is 53.4 Å². The topological polar surface area (TPSA) is 12.0 Å². The Labute approximate surface area is 127 Å². The molecule has 0 spiro atoms. The Bertz CT molecular complexity index is 577. The average Bonchev–Trinajstić information content (AvgIpc) is 3.31. The van der Waals surface area contributed by atoms with Crippen LogP contribution in [0.25, 0.3) is 0 Å². The molecule has 4 heteroatoms. The van der Waals surface area contributed by atoms with Gasteiger partial charge in [0.2, 0.25) is 0 Å². The van der Waals surface area contributed by atoms with Crippen LogP contribution in [-0.4, -0.2) is 5.76 Å². The van der Waals surface area contributed by atoms with E-state index in [9.17, 15) is 8.78 Å². The first-order valence-corrected chi connectivity index (χ1v) is 7.96. The summed E-state index contributed by atoms with van der Waals surface area (Å²) in [4.78, 5) is 0.587. The highest BCUT2D eigenvalue weighted by atomic mass is 32.2. The van der Waals surface area contributed by atoms with Gasteiger partial charge < -0.3 is 5.32 Å². The summed E-state index contributed by atoms with van der Waals surface area (Å²) in [6, 6.07) is 15.8. The summed E-state index contributed by atoms with van der Waals surface area (Å²) in [5, 5.41) is 3.31. The van der Waals surface area contributed by atoms with Crippen molar-refractivity contribution >= 4 is 17.4 Å². The maximum absolute atomic E-state index is 12.2. The van der Waals surface area contributed by atoms with Gasteiger partial charge in [0.25, 0.3) is 5.76 Å². The smallest absolute Gasteiger partial charge is 0.288 e. The number of benzene rings is 2. The van der Waals surface area contributed by atoms with Crippen LogP contribution in [0.4, 0.5) is 14.5 Å². The lowest BCUT2D eigenvalue weighted by atomic mass is 10.1. The number of nitrogens with one attached hydrogen (secondary N) is 1. The van der Waals surface area contributed by atoms with Gasteiger partial charge in [-0.2, -0.15) is 8.78 Å². The fraction of sp³-hybridized carbons (Fsp3) is 0.294. The largest absolute Gasteiger partial charge is 0.381 e. The molecule has 0 bridgehead atoms. The van der Waals surface area contributed by atoms with Crippen LogP contribution in [0.2, 0.25) is 0 Å². The van der Waals surface area contributed by atoms with E-state index in [-0.39, 0.29) is 0 Å². The molecule has 1 N–H and O–H groups in total. The molecule has 21 heavy (non-hydrogen) atoms. The Morgan fingerprint density at radius 3 is 2.24 bits per heavy atom. The van der Waals surface area contributed by atoms with E-state index in [1.54, 1.807) is 12.1 Å². The zero-order valence-corrected chi connectivity index (χ0v) is 12.4. The van der Waals surface area contributed by atoms with E-state index >= 15 is 0 Å². The second kappa shape index (κ2) is 6.48. The summed E-state index contributed by atoms with van der Waals surface area (Å²) in [7, 11) is 0. The molecule has 0 saturated heterocycles. The molecule has 110 valence electrons. The molecule has 3 rings (SSSR count). The number of rotatable bonds is 6. The Hall–Kier alpha value is -1.55. The van der Waals surface area contributed by atoms with Crippen LogP contribution >= 0.6 is 11.8 Å². The zero-order chi connectivity index (χ0) is 14.7. The molecule has 1 aliphatic rings. The van der Waals surface area contributed by atoms with Crippen molar-refractivity contribution in [3.8, 4) is 0 Å². The molecule has 0 heterocycles. The predicted molar refractivity (Wildman–Crippen MR) is 84.0 cm³/mol. The van der Waals surface area contributed by atoms with Gasteiger partial charge in [-0.15, -0.1) is 0 Å². The zero-order valence-electron chi connectivity index (χ0n) is 11.6. The van der Waals surface area contributed by atoms with Crippen molar-refractivity contribution in [1.29, 1.82) is 0 Å². The minimum absolute atomic E-state index is 0.571. The van der Waals surface area contributed by atoms with Gasteiger partial charge >= 0.3 is 0 Å². The monoisotopic (exact) mass is 305 g/mol. The molecule has 0 amide bonds. The lowest BCUT2D eigenvalue weighted by molar-refractivity contribution is 0.252. The summed E-state index contributed by atoms with van der Waals surface area (Å²) >= 11 is 0.571. The molecule has 2 aromatic carbocycles. The third kappa shape index (κ3) is 4.21. The highest BCUT2D eigenvalue weighted by molar-refractivity contribution is 7.99. The van der Waals surface area contributed by atoms with Crippen LogP contribution in [0.3, 0.4) is 0 Å². The molecule has 0 atom stereocenters. The Balaban J connectivity index is 1.54. The van der Waals surface area contributed by atoms with Crippen molar-refractivity contribution < 1.29 is 8.78 Å². The number of anilines is 1. The highest BCUT2D eigenvalue weighted by Gasteiger charge is 2.22. The number of hydrogen-bond donors (Lipinski definition) is 1. The first-order valence-electron chi connectivity index (χ1n) is 7.08. The minimum atomic E-state index is -2.37. The van der Waals surface area contributed by atoms with E-state index in [1.165, 1.54) is 24.0 Å². The van der Waals surface area contributed by atoms with E-state index in [2.05, 4.69) is 29.6 Å². The SMILES string of the molecule is FC(F)Sc1ccc(NCc2ccc(C3CC3)cc2)cc1. The molecule has 2 aromatic rings. The van der Waals surface area contributed by atoms with Crippen molar-refractivity contribution in [3.63, 3.8) is 0 Å². The van der Waals surface area contributed by atoms with E-state index in [1.807, 2.05) is 12.1 Å². The third-order valence-corrected chi connectivity index (χ3v) is 4.33. The van der Waals surface area contributed by atoms with Crippen LogP contribution < -0.4 is 5.32 Å². The lowest BCUT2D eigenvalue weighted by Crippen LogP contribution is -1.99. The second-order valence-electron chi connectivity index (χ2n) is 5.27. The van der Waals surface area contributed by atoms with Gasteiger partial charge in [-0.1, -0.05) is 36.0 Å². The van der Waals surface area contributed by atoms with Crippen molar-refractivity contribution in [1.82, 2.24) is 0 Å². The molecular formula is C17H17F2NS. The molecule has 0 radical (unpaired) electrons. The van der Waals surface area contributed by atoms with Gasteiger partial charge in [0.05, 0.1) is 0 Å². The fourth-order valence-corrected chi connectivity index (χ4v) is 2.78. The Morgan fingerprint density at radius 2 is 1.67 bits per heavy atom. The Kier molecular flexibility index (Phi) is 4.44. The van der Waals surface area contributed by atoms with Crippen LogP contribution in [0, 0.1) is 0 Å². The first kappa shape index (κ1) is 14.4. The summed E-state index contributed by atoms with van der Waals surface area (Å²) < 4.78 is 24.5. The highest BCUT2D eigenvalue weighted by Crippen LogP contribution is 2.39. The number of halogens is 2. The fourth-order valence-electron chi connectivity index (χ4n) is 2.28. The lowest BCUT2D eigenvalue weighted by Gasteiger charge is -2.08. The van der Waals surface area contributed by atoms with E-state index in [0.29, 0.717) is 16.7 Å². The van der Waals surface area contributed by atoms with Crippen molar-refractivity contribution in [2.75, 3.05) is 5.32 Å². The summed E-state index contributed by atoms with van der Waals surface area (Å²) in [6.45, 7) is 0.742. The average molecular weight is 305 g/mol. The molecule has 0 aromatic heterocycles. The van der Waals surface area contributed by atoms with Crippen molar-refractivity contribution in [2.24, 2.45) is 0 Å². The van der Waals surface area contributed by atoms with Gasteiger partial charge in [0.1, 0.15) is 0 Å². The molecule has 1 aliphatic carbocycles. The number of hydrogen-bond acceptors (Lipinski definition) is 2. The van der Waals surface area contributed by atoms with Gasteiger partial charge in [0, 0.05) is 17.1 Å². The summed E-state index contributed by atoms with van der Waals surface area (Å²) in [6.07, 6.45) is 2.64. The molecular weight excluding hydrogens is 288 g/mol. The van der Waals surface area contributed by atoms with E-state index in [4.69, 9.17) is 0 Å². The van der Waals surface area contributed by atoms with Crippen LogP contribution in [0.1, 0.15) is 29.9 Å². The van der Waals surface area contributed by atoms with Crippen molar-refractivity contribution in [3.05, 3.63) is 59.7 Å². The minimum Gasteiger partial charge on any atom is -0.381 e. The number of thioether (sulfide) groups is 1. The normalized spacial score (nSPS) is 14.4. The number of alkyl halides is 2. The van der Waals surface area contributed by atoms with Gasteiger partial charge in [0.15, 0.2) is 0 Å². The molecule has 0 aliphatic heterocycles. The Morgan fingerprint density at radius 1 is 1.00 bits per heavy atom. The third-order valence-electron chi connectivity index (χ3n) is 3.60. The second-order valence-corrected chi connectivity index (χ2v) is 6.34. The summed E-state index contributed by atoms with van der Waals surface area (Å²) in [5.74, 6) is -1.58. The standard InChI is InChI=1S/C17H17F2NS/c18-17(19)21-16-9-7-15(8-10-16)20-11-12-1-3-13(4-2-12)14-5-6-14/h1-4,7-10,14,17,20H,5-6,11H2. The van der Waals surface area contributed by atoms with Gasteiger partial charge in [-0.05, 0) is 54.2 Å². The van der Waals surface area contributed by atoms with Crippen LogP contribution in [0.5, 0.6) is 0 Å². The molecule has 1 fully saturated rings. The van der Waals surface area contributed by atoms with Crippen molar-refractivity contribution in [2.45, 2.75) is 36.0 Å². The van der Waals surface area contributed by atoms with E-state index in [0.717, 1.165) is 18.2 Å².